The van der Waals surface area contributed by atoms with Gasteiger partial charge in [0.2, 0.25) is 0 Å². The number of hydrogen-bond acceptors (Lipinski definition) is 6. The predicted molar refractivity (Wildman–Crippen MR) is 138 cm³/mol. The molecule has 35 heavy (non-hydrogen) atoms. The molecule has 0 spiro atoms. The number of amides is 2. The molecule has 2 heterocycles. The fraction of sp³-hybridized carbons (Fsp3) is 0.542. The quantitative estimate of drug-likeness (QED) is 0.128. The van der Waals surface area contributed by atoms with Crippen LogP contribution in [0.15, 0.2) is 45.2 Å². The van der Waals surface area contributed by atoms with Crippen LogP contribution >= 0.6 is 9.47 Å². The number of allylic oxidation sites excluding steroid dienone is 3. The lowest BCUT2D eigenvalue weighted by molar-refractivity contribution is -0.129. The number of likely N-dealkylation sites (N-methyl/N-ethyl adjacent to an activating group) is 1. The van der Waals surface area contributed by atoms with E-state index in [-0.39, 0.29) is 17.4 Å². The van der Waals surface area contributed by atoms with E-state index in [0.717, 1.165) is 18.4 Å². The molecule has 0 radical (unpaired) electrons. The summed E-state index contributed by atoms with van der Waals surface area (Å²) in [6.07, 6.45) is 12.1. The minimum atomic E-state index is -0.852. The van der Waals surface area contributed by atoms with E-state index in [1.807, 2.05) is 34.5 Å². The molecule has 3 fully saturated rings. The molecule has 1 unspecified atom stereocenters. The molecule has 190 valence electrons. The highest BCUT2D eigenvalue weighted by molar-refractivity contribution is 7.10. The van der Waals surface area contributed by atoms with Crippen molar-refractivity contribution in [1.82, 2.24) is 15.1 Å². The normalized spacial score (nSPS) is 27.9. The number of hydrogen-bond donors (Lipinski definition) is 2. The van der Waals surface area contributed by atoms with E-state index in [1.165, 1.54) is 6.34 Å². The third-order valence-corrected chi connectivity index (χ3v) is 6.98. The molecular formula is C24H35N6O4P. The number of rotatable bonds is 8. The van der Waals surface area contributed by atoms with E-state index in [9.17, 15) is 14.4 Å². The number of fused-ring (bicyclic) bond motifs is 4. The first kappa shape index (κ1) is 26.8. The van der Waals surface area contributed by atoms with Crippen molar-refractivity contribution in [3.8, 4) is 0 Å². The molecule has 2 amide bonds. The fourth-order valence-electron chi connectivity index (χ4n) is 4.78. The van der Waals surface area contributed by atoms with Crippen LogP contribution in [0.2, 0.25) is 0 Å². The van der Waals surface area contributed by atoms with Crippen LogP contribution in [-0.2, 0) is 18.9 Å². The van der Waals surface area contributed by atoms with Gasteiger partial charge in [0.25, 0.3) is 11.8 Å². The highest BCUT2D eigenvalue weighted by Gasteiger charge is 2.53. The summed E-state index contributed by atoms with van der Waals surface area (Å²) in [6, 6.07) is 0. The summed E-state index contributed by atoms with van der Waals surface area (Å²) in [5, 5.41) is 2.82. The van der Waals surface area contributed by atoms with Crippen molar-refractivity contribution in [2.45, 2.75) is 44.1 Å². The molecule has 2 aliphatic carbocycles. The Morgan fingerprint density at radius 2 is 2.00 bits per heavy atom. The van der Waals surface area contributed by atoms with Gasteiger partial charge in [-0.1, -0.05) is 18.2 Å². The Kier molecular flexibility index (Phi) is 8.61. The number of aliphatic imine (C=N–C) groups is 2. The van der Waals surface area contributed by atoms with Crippen LogP contribution in [0.1, 0.15) is 38.5 Å². The molecule has 2 saturated heterocycles. The van der Waals surface area contributed by atoms with E-state index in [1.54, 1.807) is 11.9 Å². The number of carbonyl (C=O) groups excluding carboxylic acids is 3. The summed E-state index contributed by atoms with van der Waals surface area (Å²) in [7, 11) is 7.39. The van der Waals surface area contributed by atoms with Gasteiger partial charge >= 0.3 is 0 Å². The lowest BCUT2D eigenvalue weighted by atomic mass is 9.68. The van der Waals surface area contributed by atoms with Crippen molar-refractivity contribution >= 4 is 39.7 Å². The average Bonchev–Trinajstić information content (AvgIpc) is 3.02. The van der Waals surface area contributed by atoms with Crippen molar-refractivity contribution in [1.29, 1.82) is 0 Å². The number of nitrogens with two attached hydrogens (primary N) is 1. The van der Waals surface area contributed by atoms with E-state index in [2.05, 4.69) is 27.5 Å². The molecule has 1 atom stereocenters. The maximum Gasteiger partial charge on any atom is 0.274 e. The highest BCUT2D eigenvalue weighted by Crippen LogP contribution is 2.46. The minimum absolute atomic E-state index is 0.154. The number of amidine groups is 1. The molecule has 0 aromatic rings. The Hall–Kier alpha value is -2.84. The van der Waals surface area contributed by atoms with Crippen LogP contribution < -0.4 is 11.1 Å². The monoisotopic (exact) mass is 502 g/mol. The second kappa shape index (κ2) is 11.3. The van der Waals surface area contributed by atoms with Gasteiger partial charge in [-0.3, -0.25) is 14.4 Å². The van der Waals surface area contributed by atoms with E-state index in [4.69, 9.17) is 10.3 Å². The van der Waals surface area contributed by atoms with Gasteiger partial charge < -0.3 is 25.4 Å². The number of carbonyl (C=O) groups is 3. The number of nitrogens with one attached hydrogen (secondary N) is 1. The third-order valence-electron chi connectivity index (χ3n) is 6.73. The van der Waals surface area contributed by atoms with Crippen LogP contribution in [-0.4, -0.2) is 79.8 Å². The Morgan fingerprint density at radius 1 is 1.29 bits per heavy atom. The molecule has 2 bridgehead atoms. The van der Waals surface area contributed by atoms with Crippen LogP contribution in [0.4, 0.5) is 0 Å². The maximum atomic E-state index is 13.1. The second-order valence-electron chi connectivity index (χ2n) is 9.63. The zero-order chi connectivity index (χ0) is 25.6. The zero-order valence-electron chi connectivity index (χ0n) is 20.6. The van der Waals surface area contributed by atoms with Gasteiger partial charge in [-0.15, -0.1) is 0 Å². The fourth-order valence-corrected chi connectivity index (χ4v) is 4.94. The van der Waals surface area contributed by atoms with Crippen molar-refractivity contribution < 1.29 is 18.9 Å². The molecular weight excluding hydrogens is 467 g/mol. The molecule has 4 rings (SSSR count). The zero-order valence-corrected chi connectivity index (χ0v) is 21.8. The Morgan fingerprint density at radius 3 is 2.57 bits per heavy atom. The van der Waals surface area contributed by atoms with Crippen molar-refractivity contribution in [3.63, 3.8) is 0 Å². The topological polar surface area (TPSA) is 130 Å². The summed E-state index contributed by atoms with van der Waals surface area (Å²) in [5.74, 6) is -0.500. The molecule has 0 aromatic heterocycles. The SMILES string of the molecule is CN(C)C=NC(=O)C12CCC(N)(CC1)C(=N/C(C(=O)NCC1=CCCC=C1)=C(\C=O)OP)N(C)C2. The average molecular weight is 503 g/mol. The van der Waals surface area contributed by atoms with Crippen molar-refractivity contribution in [2.75, 3.05) is 34.2 Å². The molecule has 2 aliphatic heterocycles. The first-order valence-corrected chi connectivity index (χ1v) is 12.2. The first-order valence-electron chi connectivity index (χ1n) is 11.7. The van der Waals surface area contributed by atoms with E-state index >= 15 is 0 Å². The lowest BCUT2D eigenvalue weighted by Crippen LogP contribution is -2.53. The Labute approximate surface area is 208 Å². The van der Waals surface area contributed by atoms with Crippen LogP contribution in [0.3, 0.4) is 0 Å². The summed E-state index contributed by atoms with van der Waals surface area (Å²) in [4.78, 5) is 50.2. The van der Waals surface area contributed by atoms with Crippen LogP contribution in [0, 0.1) is 5.41 Å². The summed E-state index contributed by atoms with van der Waals surface area (Å²) in [5.41, 5.74) is 6.09. The van der Waals surface area contributed by atoms with E-state index in [0.29, 0.717) is 50.9 Å². The van der Waals surface area contributed by atoms with Gasteiger partial charge in [0.15, 0.2) is 17.7 Å². The predicted octanol–water partition coefficient (Wildman–Crippen LogP) is 1.31. The van der Waals surface area contributed by atoms with Gasteiger partial charge in [0.1, 0.15) is 5.84 Å². The largest absolute Gasteiger partial charge is 0.474 e. The lowest BCUT2D eigenvalue weighted by Gasteiger charge is -2.37. The van der Waals surface area contributed by atoms with Crippen molar-refractivity contribution in [3.05, 3.63) is 35.3 Å². The van der Waals surface area contributed by atoms with Crippen molar-refractivity contribution in [2.24, 2.45) is 21.1 Å². The number of nitrogens with zero attached hydrogens (tertiary/aromatic N) is 4. The summed E-state index contributed by atoms with van der Waals surface area (Å²) < 4.78 is 5.10. The Balaban J connectivity index is 1.92. The molecule has 11 heteroatoms. The summed E-state index contributed by atoms with van der Waals surface area (Å²) in [6.45, 7) is 0.664. The van der Waals surface area contributed by atoms with Crippen LogP contribution in [0.25, 0.3) is 0 Å². The number of aldehydes is 1. The van der Waals surface area contributed by atoms with E-state index < -0.39 is 16.9 Å². The first-order chi connectivity index (χ1) is 16.6. The van der Waals surface area contributed by atoms with Gasteiger partial charge in [0, 0.05) is 34.2 Å². The molecule has 1 saturated carbocycles. The summed E-state index contributed by atoms with van der Waals surface area (Å²) >= 11 is 0. The van der Waals surface area contributed by atoms with Gasteiger partial charge in [0.05, 0.1) is 26.8 Å². The molecule has 3 N–H and O–H groups in total. The molecule has 4 aliphatic rings. The minimum Gasteiger partial charge on any atom is -0.474 e. The van der Waals surface area contributed by atoms with Gasteiger partial charge in [-0.25, -0.2) is 9.98 Å². The molecule has 0 aromatic carbocycles. The second-order valence-corrected chi connectivity index (χ2v) is 9.87. The molecule has 10 nitrogen and oxygen atoms in total. The third kappa shape index (κ3) is 6.05. The highest BCUT2D eigenvalue weighted by atomic mass is 31.0. The van der Waals surface area contributed by atoms with Gasteiger partial charge in [-0.05, 0) is 44.1 Å². The van der Waals surface area contributed by atoms with Gasteiger partial charge in [-0.2, -0.15) is 0 Å². The van der Waals surface area contributed by atoms with Crippen LogP contribution in [0.5, 0.6) is 0 Å². The Bertz CT molecular complexity index is 1010. The smallest absolute Gasteiger partial charge is 0.274 e. The maximum absolute atomic E-state index is 13.1. The standard InChI is InChI=1S/C24H35N6O4P/c1-29(2)16-27-22(33)23-9-11-24(25,12-10-23)21(30(3)15-23)28-19(18(14-31)34-35)20(32)26-13-17-7-5-4-6-8-17/h5,7-8,14,16H,4,6,9-13,15,25,35H2,1-3H3,(H,26,32)/b19-18+,27-16?,28-21?.